The summed E-state index contributed by atoms with van der Waals surface area (Å²) >= 11 is 0. The van der Waals surface area contributed by atoms with Gasteiger partial charge in [-0.05, 0) is 37.5 Å². The topological polar surface area (TPSA) is 59.6 Å². The molecule has 2 rings (SSSR count). The number of urea groups is 1. The quantitative estimate of drug-likeness (QED) is 0.794. The Morgan fingerprint density at radius 2 is 2.00 bits per heavy atom. The zero-order chi connectivity index (χ0) is 15.8. The van der Waals surface area contributed by atoms with Gasteiger partial charge in [0, 0.05) is 6.04 Å². The molecule has 2 amide bonds. The van der Waals surface area contributed by atoms with Crippen molar-refractivity contribution in [3.05, 3.63) is 23.8 Å². The Kier molecular flexibility index (Phi) is 6.37. The number of nitrogens with one attached hydrogen (secondary N) is 2. The predicted molar refractivity (Wildman–Crippen MR) is 86.6 cm³/mol. The van der Waals surface area contributed by atoms with Gasteiger partial charge < -0.3 is 20.1 Å². The summed E-state index contributed by atoms with van der Waals surface area (Å²) in [6, 6.07) is 6.01. The number of hydrogen-bond donors (Lipinski definition) is 2. The molecule has 1 saturated carbocycles. The van der Waals surface area contributed by atoms with Gasteiger partial charge in [0.15, 0.2) is 11.5 Å². The average Bonchev–Trinajstić information content (AvgIpc) is 2.53. The van der Waals surface area contributed by atoms with E-state index >= 15 is 0 Å². The monoisotopic (exact) mass is 306 g/mol. The van der Waals surface area contributed by atoms with E-state index in [0.29, 0.717) is 30.7 Å². The van der Waals surface area contributed by atoms with E-state index in [1.165, 1.54) is 19.3 Å². The molecule has 1 aromatic carbocycles. The van der Waals surface area contributed by atoms with Gasteiger partial charge in [0.2, 0.25) is 0 Å². The minimum Gasteiger partial charge on any atom is -0.493 e. The van der Waals surface area contributed by atoms with Crippen LogP contribution in [0, 0.1) is 6.92 Å². The maximum Gasteiger partial charge on any atom is 0.315 e. The number of ether oxygens (including phenoxy) is 2. The van der Waals surface area contributed by atoms with Crippen LogP contribution in [0.4, 0.5) is 4.79 Å². The summed E-state index contributed by atoms with van der Waals surface area (Å²) in [7, 11) is 1.62. The van der Waals surface area contributed by atoms with Crippen molar-refractivity contribution in [3.63, 3.8) is 0 Å². The number of hydrogen-bond acceptors (Lipinski definition) is 3. The standard InChI is InChI=1S/C17H26N2O3/c1-13-8-9-15(16(12-13)21-2)22-11-10-18-17(20)19-14-6-4-3-5-7-14/h8-9,12,14H,3-7,10-11H2,1-2H3,(H2,18,19,20). The van der Waals surface area contributed by atoms with Crippen LogP contribution in [-0.4, -0.2) is 32.3 Å². The van der Waals surface area contributed by atoms with E-state index in [2.05, 4.69) is 10.6 Å². The number of methoxy groups -OCH3 is 1. The molecule has 22 heavy (non-hydrogen) atoms. The van der Waals surface area contributed by atoms with Gasteiger partial charge in [0.05, 0.1) is 13.7 Å². The summed E-state index contributed by atoms with van der Waals surface area (Å²) in [5.74, 6) is 1.41. The average molecular weight is 306 g/mol. The van der Waals surface area contributed by atoms with Crippen LogP contribution < -0.4 is 20.1 Å². The van der Waals surface area contributed by atoms with Crippen LogP contribution in [0.25, 0.3) is 0 Å². The Morgan fingerprint density at radius 1 is 1.23 bits per heavy atom. The van der Waals surface area contributed by atoms with Crippen LogP contribution in [0.2, 0.25) is 0 Å². The smallest absolute Gasteiger partial charge is 0.315 e. The van der Waals surface area contributed by atoms with Crippen LogP contribution >= 0.6 is 0 Å². The van der Waals surface area contributed by atoms with Crippen LogP contribution in [0.15, 0.2) is 18.2 Å². The van der Waals surface area contributed by atoms with Gasteiger partial charge in [-0.25, -0.2) is 4.79 Å². The molecule has 5 heteroatoms. The lowest BCUT2D eigenvalue weighted by atomic mass is 9.96. The third kappa shape index (κ3) is 5.13. The Bertz CT molecular complexity index is 485. The molecule has 0 heterocycles. The number of carbonyl (C=O) groups is 1. The fraction of sp³-hybridized carbons (Fsp3) is 0.588. The molecule has 5 nitrogen and oxygen atoms in total. The van der Waals surface area contributed by atoms with Gasteiger partial charge in [-0.15, -0.1) is 0 Å². The summed E-state index contributed by atoms with van der Waals surface area (Å²) in [5, 5.41) is 5.85. The maximum absolute atomic E-state index is 11.8. The zero-order valence-corrected chi connectivity index (χ0v) is 13.5. The Labute approximate surface area is 132 Å². The second kappa shape index (κ2) is 8.51. The molecule has 0 radical (unpaired) electrons. The Balaban J connectivity index is 1.67. The summed E-state index contributed by atoms with van der Waals surface area (Å²) in [5.41, 5.74) is 1.12. The molecule has 1 fully saturated rings. The fourth-order valence-corrected chi connectivity index (χ4v) is 2.70. The van der Waals surface area contributed by atoms with Crippen LogP contribution in [0.5, 0.6) is 11.5 Å². The van der Waals surface area contributed by atoms with Crippen molar-refractivity contribution in [2.45, 2.75) is 45.1 Å². The first-order valence-corrected chi connectivity index (χ1v) is 8.01. The number of carbonyl (C=O) groups excluding carboxylic acids is 1. The summed E-state index contributed by atoms with van der Waals surface area (Å²) in [6.45, 7) is 2.89. The van der Waals surface area contributed by atoms with E-state index < -0.39 is 0 Å². The van der Waals surface area contributed by atoms with E-state index in [9.17, 15) is 4.79 Å². The zero-order valence-electron chi connectivity index (χ0n) is 13.5. The highest BCUT2D eigenvalue weighted by Gasteiger charge is 2.15. The van der Waals surface area contributed by atoms with E-state index in [-0.39, 0.29) is 6.03 Å². The van der Waals surface area contributed by atoms with E-state index in [1.807, 2.05) is 25.1 Å². The van der Waals surface area contributed by atoms with Crippen LogP contribution in [0.3, 0.4) is 0 Å². The highest BCUT2D eigenvalue weighted by molar-refractivity contribution is 5.74. The molecular formula is C17H26N2O3. The summed E-state index contributed by atoms with van der Waals surface area (Å²) in [4.78, 5) is 11.8. The first-order chi connectivity index (χ1) is 10.7. The van der Waals surface area contributed by atoms with Crippen molar-refractivity contribution in [2.24, 2.45) is 0 Å². The summed E-state index contributed by atoms with van der Waals surface area (Å²) in [6.07, 6.45) is 5.88. The summed E-state index contributed by atoms with van der Waals surface area (Å²) < 4.78 is 10.9. The lowest BCUT2D eigenvalue weighted by molar-refractivity contribution is 0.228. The van der Waals surface area contributed by atoms with Crippen molar-refractivity contribution >= 4 is 6.03 Å². The Morgan fingerprint density at radius 3 is 2.73 bits per heavy atom. The molecule has 1 aliphatic rings. The molecule has 0 saturated heterocycles. The third-order valence-electron chi connectivity index (χ3n) is 3.90. The van der Waals surface area contributed by atoms with Crippen molar-refractivity contribution < 1.29 is 14.3 Å². The fourth-order valence-electron chi connectivity index (χ4n) is 2.70. The number of rotatable bonds is 6. The molecule has 0 bridgehead atoms. The number of benzene rings is 1. The van der Waals surface area contributed by atoms with Crippen molar-refractivity contribution in [1.82, 2.24) is 10.6 Å². The third-order valence-corrected chi connectivity index (χ3v) is 3.90. The van der Waals surface area contributed by atoms with E-state index in [0.717, 1.165) is 18.4 Å². The first-order valence-electron chi connectivity index (χ1n) is 8.01. The lowest BCUT2D eigenvalue weighted by Crippen LogP contribution is -2.44. The van der Waals surface area contributed by atoms with Gasteiger partial charge in [0.25, 0.3) is 0 Å². The van der Waals surface area contributed by atoms with Gasteiger partial charge in [-0.2, -0.15) is 0 Å². The minimum atomic E-state index is -0.105. The molecule has 0 spiro atoms. The van der Waals surface area contributed by atoms with Gasteiger partial charge in [-0.1, -0.05) is 25.3 Å². The van der Waals surface area contributed by atoms with Gasteiger partial charge >= 0.3 is 6.03 Å². The molecule has 0 aliphatic heterocycles. The van der Waals surface area contributed by atoms with E-state index in [1.54, 1.807) is 7.11 Å². The van der Waals surface area contributed by atoms with Crippen molar-refractivity contribution in [3.8, 4) is 11.5 Å². The molecule has 1 aromatic rings. The lowest BCUT2D eigenvalue weighted by Gasteiger charge is -2.22. The number of aryl methyl sites for hydroxylation is 1. The molecule has 0 atom stereocenters. The maximum atomic E-state index is 11.8. The largest absolute Gasteiger partial charge is 0.493 e. The van der Waals surface area contributed by atoms with Gasteiger partial charge in [-0.3, -0.25) is 0 Å². The molecule has 1 aliphatic carbocycles. The van der Waals surface area contributed by atoms with Gasteiger partial charge in [0.1, 0.15) is 6.61 Å². The highest BCUT2D eigenvalue weighted by atomic mass is 16.5. The Hall–Kier alpha value is -1.91. The minimum absolute atomic E-state index is 0.105. The normalized spacial score (nSPS) is 15.2. The molecule has 2 N–H and O–H groups in total. The van der Waals surface area contributed by atoms with Crippen LogP contribution in [-0.2, 0) is 0 Å². The molecular weight excluding hydrogens is 280 g/mol. The van der Waals surface area contributed by atoms with Crippen molar-refractivity contribution in [2.75, 3.05) is 20.3 Å². The van der Waals surface area contributed by atoms with E-state index in [4.69, 9.17) is 9.47 Å². The number of amides is 2. The highest BCUT2D eigenvalue weighted by Crippen LogP contribution is 2.27. The first kappa shape index (κ1) is 16.5. The predicted octanol–water partition coefficient (Wildman–Crippen LogP) is 3.01. The van der Waals surface area contributed by atoms with Crippen molar-refractivity contribution in [1.29, 1.82) is 0 Å². The second-order valence-electron chi connectivity index (χ2n) is 5.74. The molecule has 0 unspecified atom stereocenters. The van der Waals surface area contributed by atoms with Crippen LogP contribution in [0.1, 0.15) is 37.7 Å². The second-order valence-corrected chi connectivity index (χ2v) is 5.74. The molecule has 122 valence electrons. The SMILES string of the molecule is COc1cc(C)ccc1OCCNC(=O)NC1CCCCC1. The molecule has 0 aromatic heterocycles.